The van der Waals surface area contributed by atoms with E-state index in [9.17, 15) is 4.79 Å². The molecule has 4 rings (SSSR count). The van der Waals surface area contributed by atoms with Crippen LogP contribution in [0.25, 0.3) is 10.8 Å². The summed E-state index contributed by atoms with van der Waals surface area (Å²) in [5.74, 6) is 1.23. The summed E-state index contributed by atoms with van der Waals surface area (Å²) in [6.07, 6.45) is 8.61. The van der Waals surface area contributed by atoms with Crippen LogP contribution < -0.4 is 0 Å². The summed E-state index contributed by atoms with van der Waals surface area (Å²) in [5.41, 5.74) is 2.72. The number of amides is 1. The number of hydrogen-bond donors (Lipinski definition) is 0. The van der Waals surface area contributed by atoms with E-state index in [0.29, 0.717) is 11.8 Å². The van der Waals surface area contributed by atoms with Gasteiger partial charge in [-0.15, -0.1) is 0 Å². The second kappa shape index (κ2) is 8.38. The molecule has 0 N–H and O–H groups in total. The summed E-state index contributed by atoms with van der Waals surface area (Å²) < 4.78 is 5.59. The van der Waals surface area contributed by atoms with Crippen molar-refractivity contribution in [2.24, 2.45) is 0 Å². The Morgan fingerprint density at radius 1 is 0.897 bits per heavy atom. The predicted molar refractivity (Wildman–Crippen MR) is 120 cm³/mol. The first-order valence-electron chi connectivity index (χ1n) is 11.4. The van der Waals surface area contributed by atoms with Crippen molar-refractivity contribution in [2.75, 3.05) is 13.1 Å². The van der Waals surface area contributed by atoms with E-state index in [4.69, 9.17) is 4.74 Å². The van der Waals surface area contributed by atoms with Gasteiger partial charge in [0.2, 0.25) is 0 Å². The summed E-state index contributed by atoms with van der Waals surface area (Å²) >= 11 is 0. The van der Waals surface area contributed by atoms with Crippen LogP contribution in [-0.2, 0) is 4.74 Å². The summed E-state index contributed by atoms with van der Waals surface area (Å²) in [5, 5.41) is 2.77. The fraction of sp³-hybridized carbons (Fsp3) is 0.577. The van der Waals surface area contributed by atoms with Gasteiger partial charge in [0.05, 0.1) is 0 Å². The number of carbonyl (C=O) groups is 1. The lowest BCUT2D eigenvalue weighted by atomic mass is 9.76. The van der Waals surface area contributed by atoms with Crippen LogP contribution in [0.1, 0.15) is 88.7 Å². The Morgan fingerprint density at radius 2 is 1.59 bits per heavy atom. The van der Waals surface area contributed by atoms with Crippen LogP contribution in [-0.4, -0.2) is 29.7 Å². The number of nitrogens with zero attached hydrogens (tertiary/aromatic N) is 1. The molecule has 156 valence electrons. The summed E-state index contributed by atoms with van der Waals surface area (Å²) in [6, 6.07) is 13.6. The molecule has 0 aromatic heterocycles. The number of hydrogen-bond acceptors (Lipinski definition) is 2. The molecular formula is C26H35NO2. The van der Waals surface area contributed by atoms with E-state index >= 15 is 0 Å². The Morgan fingerprint density at radius 3 is 2.28 bits per heavy atom. The predicted octanol–water partition coefficient (Wildman–Crippen LogP) is 7.00. The molecule has 1 aliphatic heterocycles. The number of benzene rings is 2. The first-order valence-corrected chi connectivity index (χ1v) is 11.4. The molecule has 2 aromatic carbocycles. The molecule has 0 spiro atoms. The fourth-order valence-electron chi connectivity index (χ4n) is 5.21. The van der Waals surface area contributed by atoms with Gasteiger partial charge in [-0.2, -0.15) is 0 Å². The van der Waals surface area contributed by atoms with Crippen molar-refractivity contribution in [2.45, 2.75) is 83.2 Å². The van der Waals surface area contributed by atoms with Crippen LogP contribution in [0.15, 0.2) is 36.4 Å². The second-order valence-corrected chi connectivity index (χ2v) is 9.87. The van der Waals surface area contributed by atoms with Crippen molar-refractivity contribution in [3.63, 3.8) is 0 Å². The molecule has 0 radical (unpaired) electrons. The smallest absolute Gasteiger partial charge is 0.410 e. The first kappa shape index (κ1) is 20.3. The highest BCUT2D eigenvalue weighted by Crippen LogP contribution is 2.42. The monoisotopic (exact) mass is 393 g/mol. The van der Waals surface area contributed by atoms with Gasteiger partial charge in [-0.1, -0.05) is 55.7 Å². The van der Waals surface area contributed by atoms with Gasteiger partial charge in [0.25, 0.3) is 0 Å². The molecule has 2 aromatic rings. The average Bonchev–Trinajstić information content (AvgIpc) is 2.72. The van der Waals surface area contributed by atoms with Crippen LogP contribution >= 0.6 is 0 Å². The molecule has 1 aliphatic carbocycles. The maximum Gasteiger partial charge on any atom is 0.410 e. The van der Waals surface area contributed by atoms with E-state index in [1.54, 1.807) is 11.1 Å². The quantitative estimate of drug-likeness (QED) is 0.549. The standard InChI is InChI=1S/C26H35NO2/c1-26(2,3)29-25(28)27-17-15-21(16-18-27)24-22-12-8-7-11-20(22)13-14-23(24)19-9-5-4-6-10-19/h7-8,11-14,19,21H,4-6,9-10,15-18H2,1-3H3. The molecule has 0 unspecified atom stereocenters. The summed E-state index contributed by atoms with van der Waals surface area (Å²) in [7, 11) is 0. The lowest BCUT2D eigenvalue weighted by Crippen LogP contribution is -2.41. The van der Waals surface area contributed by atoms with Crippen LogP contribution in [0, 0.1) is 0 Å². The topological polar surface area (TPSA) is 29.5 Å². The van der Waals surface area contributed by atoms with Gasteiger partial charge in [-0.25, -0.2) is 4.79 Å². The molecular weight excluding hydrogens is 358 g/mol. The van der Waals surface area contributed by atoms with E-state index in [1.807, 2.05) is 25.7 Å². The molecule has 1 amide bonds. The minimum atomic E-state index is -0.433. The number of carbonyl (C=O) groups excluding carboxylic acids is 1. The Hall–Kier alpha value is -2.03. The lowest BCUT2D eigenvalue weighted by Gasteiger charge is -2.36. The minimum absolute atomic E-state index is 0.165. The molecule has 2 aliphatic rings. The minimum Gasteiger partial charge on any atom is -0.444 e. The number of rotatable bonds is 2. The van der Waals surface area contributed by atoms with Gasteiger partial charge in [0, 0.05) is 13.1 Å². The zero-order valence-electron chi connectivity index (χ0n) is 18.2. The molecule has 0 bridgehead atoms. The molecule has 1 heterocycles. The molecule has 1 saturated carbocycles. The Kier molecular flexibility index (Phi) is 5.85. The van der Waals surface area contributed by atoms with E-state index < -0.39 is 5.60 Å². The molecule has 29 heavy (non-hydrogen) atoms. The Labute approximate surface area is 175 Å². The van der Waals surface area contributed by atoms with Crippen molar-refractivity contribution < 1.29 is 9.53 Å². The molecule has 2 fully saturated rings. The van der Waals surface area contributed by atoms with Crippen molar-refractivity contribution >= 4 is 16.9 Å². The molecule has 3 nitrogen and oxygen atoms in total. The van der Waals surface area contributed by atoms with Gasteiger partial charge in [0.15, 0.2) is 0 Å². The van der Waals surface area contributed by atoms with Gasteiger partial charge < -0.3 is 9.64 Å². The third-order valence-corrected chi connectivity index (χ3v) is 6.60. The van der Waals surface area contributed by atoms with Crippen LogP contribution in [0.5, 0.6) is 0 Å². The SMILES string of the molecule is CC(C)(C)OC(=O)N1CCC(c2c(C3CCCCC3)ccc3ccccc23)CC1. The molecule has 3 heteroatoms. The van der Waals surface area contributed by atoms with E-state index in [-0.39, 0.29) is 6.09 Å². The first-order chi connectivity index (χ1) is 13.9. The fourth-order valence-corrected chi connectivity index (χ4v) is 5.21. The highest BCUT2D eigenvalue weighted by atomic mass is 16.6. The average molecular weight is 394 g/mol. The molecule has 0 atom stereocenters. The largest absolute Gasteiger partial charge is 0.444 e. The maximum absolute atomic E-state index is 12.5. The van der Waals surface area contributed by atoms with Crippen molar-refractivity contribution in [1.82, 2.24) is 4.90 Å². The number of likely N-dealkylation sites (tertiary alicyclic amines) is 1. The highest BCUT2D eigenvalue weighted by Gasteiger charge is 2.30. The third-order valence-electron chi connectivity index (χ3n) is 6.60. The zero-order chi connectivity index (χ0) is 20.4. The number of ether oxygens (including phenoxy) is 1. The molecule has 1 saturated heterocycles. The van der Waals surface area contributed by atoms with E-state index in [0.717, 1.165) is 25.9 Å². The summed E-state index contributed by atoms with van der Waals surface area (Å²) in [6.45, 7) is 7.37. The van der Waals surface area contributed by atoms with Crippen LogP contribution in [0.3, 0.4) is 0 Å². The van der Waals surface area contributed by atoms with Gasteiger partial charge in [0.1, 0.15) is 5.60 Å². The normalized spacial score (nSPS) is 19.5. The summed E-state index contributed by atoms with van der Waals surface area (Å²) in [4.78, 5) is 14.4. The zero-order valence-corrected chi connectivity index (χ0v) is 18.2. The lowest BCUT2D eigenvalue weighted by molar-refractivity contribution is 0.0205. The van der Waals surface area contributed by atoms with Crippen LogP contribution in [0.4, 0.5) is 4.79 Å². The second-order valence-electron chi connectivity index (χ2n) is 9.87. The third kappa shape index (κ3) is 4.60. The van der Waals surface area contributed by atoms with Crippen molar-refractivity contribution in [1.29, 1.82) is 0 Å². The number of fused-ring (bicyclic) bond motifs is 1. The highest BCUT2D eigenvalue weighted by molar-refractivity contribution is 5.87. The van der Waals surface area contributed by atoms with Gasteiger partial charge in [-0.3, -0.25) is 0 Å². The van der Waals surface area contributed by atoms with Crippen molar-refractivity contribution in [3.8, 4) is 0 Å². The van der Waals surface area contributed by atoms with E-state index in [1.165, 1.54) is 42.9 Å². The van der Waals surface area contributed by atoms with Crippen LogP contribution in [0.2, 0.25) is 0 Å². The maximum atomic E-state index is 12.5. The number of piperidine rings is 1. The Balaban J connectivity index is 1.59. The van der Waals surface area contributed by atoms with Gasteiger partial charge >= 0.3 is 6.09 Å². The van der Waals surface area contributed by atoms with Crippen molar-refractivity contribution in [3.05, 3.63) is 47.5 Å². The Bertz CT molecular complexity index is 853. The van der Waals surface area contributed by atoms with Gasteiger partial charge in [-0.05, 0) is 80.2 Å². The van der Waals surface area contributed by atoms with E-state index in [2.05, 4.69) is 36.4 Å².